The van der Waals surface area contributed by atoms with Crippen LogP contribution < -0.4 is 21.1 Å². The molecule has 174 valence electrons. The number of aromatic nitrogens is 2. The number of rotatable bonds is 7. The first kappa shape index (κ1) is 23.0. The van der Waals surface area contributed by atoms with Crippen LogP contribution in [0.4, 0.5) is 0 Å². The normalized spacial score (nSPS) is 12.7. The molecule has 0 unspecified atom stereocenters. The predicted molar refractivity (Wildman–Crippen MR) is 128 cm³/mol. The maximum absolute atomic E-state index is 12.5. The van der Waals surface area contributed by atoms with Gasteiger partial charge in [0.15, 0.2) is 6.61 Å². The highest BCUT2D eigenvalue weighted by molar-refractivity contribution is 7.18. The summed E-state index contributed by atoms with van der Waals surface area (Å²) in [5.41, 5.74) is 7.80. The number of nitrogens with zero attached hydrogens (tertiary/aromatic N) is 1. The van der Waals surface area contributed by atoms with E-state index >= 15 is 0 Å². The minimum absolute atomic E-state index is 0.0794. The van der Waals surface area contributed by atoms with Gasteiger partial charge in [-0.3, -0.25) is 25.2 Å². The maximum Gasteiger partial charge on any atom is 0.276 e. The molecule has 3 N–H and O–H groups in total. The summed E-state index contributed by atoms with van der Waals surface area (Å²) in [6.07, 6.45) is 3.36. The Balaban J connectivity index is 1.27. The number of hydrogen-bond donors (Lipinski definition) is 3. The number of nitrogens with one attached hydrogen (secondary N) is 3. The van der Waals surface area contributed by atoms with Crippen molar-refractivity contribution in [2.75, 3.05) is 6.61 Å². The van der Waals surface area contributed by atoms with Crippen molar-refractivity contribution in [3.63, 3.8) is 0 Å². The zero-order chi connectivity index (χ0) is 23.5. The Morgan fingerprint density at radius 1 is 1.21 bits per heavy atom. The molecule has 9 heteroatoms. The van der Waals surface area contributed by atoms with Crippen molar-refractivity contribution in [3.8, 4) is 5.75 Å². The van der Waals surface area contributed by atoms with Gasteiger partial charge in [0.1, 0.15) is 16.4 Å². The first-order chi connectivity index (χ1) is 15.8. The standard InChI is InChI=1S/C24H28N4O4S/c1-13(2)15-8-7-14(3)11-17(15)32-12-21(30)28-27-20(29)10-9-19-25-23(31)22-16-5-4-6-18(16)33-24(22)26-19/h7-8,11,13H,4-6,9-10,12H2,1-3H3,(H,27,29)(H,28,30)(H,25,26,31). The van der Waals surface area contributed by atoms with Gasteiger partial charge in [0.2, 0.25) is 5.91 Å². The maximum atomic E-state index is 12.5. The summed E-state index contributed by atoms with van der Waals surface area (Å²) >= 11 is 1.57. The molecule has 1 aromatic carbocycles. The van der Waals surface area contributed by atoms with E-state index in [0.29, 0.717) is 17.0 Å². The number of amides is 2. The van der Waals surface area contributed by atoms with Crippen molar-refractivity contribution in [1.82, 2.24) is 20.8 Å². The van der Waals surface area contributed by atoms with E-state index in [4.69, 9.17) is 4.74 Å². The summed E-state index contributed by atoms with van der Waals surface area (Å²) in [7, 11) is 0. The molecule has 3 aromatic rings. The Morgan fingerprint density at radius 2 is 2.00 bits per heavy atom. The van der Waals surface area contributed by atoms with E-state index < -0.39 is 5.91 Å². The van der Waals surface area contributed by atoms with Gasteiger partial charge < -0.3 is 9.72 Å². The number of thiophene rings is 1. The summed E-state index contributed by atoms with van der Waals surface area (Å²) in [4.78, 5) is 46.1. The molecule has 0 fully saturated rings. The number of carbonyl (C=O) groups excluding carboxylic acids is 2. The molecule has 2 aromatic heterocycles. The Labute approximate surface area is 195 Å². The van der Waals surface area contributed by atoms with Gasteiger partial charge in [0.05, 0.1) is 5.39 Å². The highest BCUT2D eigenvalue weighted by atomic mass is 32.1. The smallest absolute Gasteiger partial charge is 0.276 e. The van der Waals surface area contributed by atoms with Crippen LogP contribution in [0.15, 0.2) is 23.0 Å². The second-order valence-electron chi connectivity index (χ2n) is 8.63. The van der Waals surface area contributed by atoms with Gasteiger partial charge in [-0.2, -0.15) is 0 Å². The Morgan fingerprint density at radius 3 is 2.79 bits per heavy atom. The van der Waals surface area contributed by atoms with Crippen LogP contribution in [0.1, 0.15) is 60.0 Å². The SMILES string of the molecule is Cc1ccc(C(C)C)c(OCC(=O)NNC(=O)CCc2nc3sc4c(c3c(=O)[nH]2)CCC4)c1. The van der Waals surface area contributed by atoms with Gasteiger partial charge in [-0.15, -0.1) is 11.3 Å². The van der Waals surface area contributed by atoms with Crippen LogP contribution in [0.3, 0.4) is 0 Å². The Bertz CT molecular complexity index is 1260. The molecule has 8 nitrogen and oxygen atoms in total. The van der Waals surface area contributed by atoms with E-state index in [9.17, 15) is 14.4 Å². The van der Waals surface area contributed by atoms with Crippen LogP contribution >= 0.6 is 11.3 Å². The van der Waals surface area contributed by atoms with Gasteiger partial charge in [0.25, 0.3) is 11.5 Å². The Kier molecular flexibility index (Phi) is 6.78. The fraction of sp³-hybridized carbons (Fsp3) is 0.417. The van der Waals surface area contributed by atoms with E-state index in [0.717, 1.165) is 40.8 Å². The number of H-pyrrole nitrogens is 1. The summed E-state index contributed by atoms with van der Waals surface area (Å²) in [6, 6.07) is 5.90. The molecule has 33 heavy (non-hydrogen) atoms. The largest absolute Gasteiger partial charge is 0.483 e. The molecule has 0 aliphatic heterocycles. The summed E-state index contributed by atoms with van der Waals surface area (Å²) < 4.78 is 5.67. The third-order valence-corrected chi connectivity index (χ3v) is 6.89. The molecule has 1 aliphatic carbocycles. The van der Waals surface area contributed by atoms with Crippen LogP contribution in [0.25, 0.3) is 10.2 Å². The van der Waals surface area contributed by atoms with Crippen molar-refractivity contribution >= 4 is 33.4 Å². The average molecular weight is 469 g/mol. The first-order valence-corrected chi connectivity index (χ1v) is 12.0. The number of aryl methyl sites for hydroxylation is 4. The molecular weight excluding hydrogens is 440 g/mol. The van der Waals surface area contributed by atoms with Crippen LogP contribution in [-0.2, 0) is 28.9 Å². The molecule has 4 rings (SSSR count). The number of fused-ring (bicyclic) bond motifs is 3. The lowest BCUT2D eigenvalue weighted by Crippen LogP contribution is -2.44. The second-order valence-corrected chi connectivity index (χ2v) is 9.71. The molecule has 0 saturated carbocycles. The summed E-state index contributed by atoms with van der Waals surface area (Å²) in [5, 5.41) is 0.696. The van der Waals surface area contributed by atoms with E-state index in [1.165, 1.54) is 4.88 Å². The van der Waals surface area contributed by atoms with Crippen LogP contribution in [0, 0.1) is 6.92 Å². The number of benzene rings is 1. The minimum Gasteiger partial charge on any atom is -0.483 e. The molecule has 0 saturated heterocycles. The molecular formula is C24H28N4O4S. The molecule has 0 atom stereocenters. The number of hydrazine groups is 1. The molecule has 0 bridgehead atoms. The number of aromatic amines is 1. The van der Waals surface area contributed by atoms with Gasteiger partial charge in [0, 0.05) is 17.7 Å². The topological polar surface area (TPSA) is 113 Å². The highest BCUT2D eigenvalue weighted by Gasteiger charge is 2.21. The zero-order valence-corrected chi connectivity index (χ0v) is 19.9. The average Bonchev–Trinajstić information content (AvgIpc) is 3.35. The van der Waals surface area contributed by atoms with Crippen LogP contribution in [0.2, 0.25) is 0 Å². The highest BCUT2D eigenvalue weighted by Crippen LogP contribution is 2.34. The zero-order valence-electron chi connectivity index (χ0n) is 19.0. The molecule has 1 aliphatic rings. The number of carbonyl (C=O) groups is 2. The van der Waals surface area contributed by atoms with Crippen molar-refractivity contribution < 1.29 is 14.3 Å². The van der Waals surface area contributed by atoms with Gasteiger partial charge in [-0.25, -0.2) is 4.98 Å². The third kappa shape index (κ3) is 5.24. The van der Waals surface area contributed by atoms with Crippen molar-refractivity contribution in [1.29, 1.82) is 0 Å². The van der Waals surface area contributed by atoms with Gasteiger partial charge in [-0.1, -0.05) is 26.0 Å². The summed E-state index contributed by atoms with van der Waals surface area (Å²) in [5.74, 6) is 0.561. The van der Waals surface area contributed by atoms with E-state index in [2.05, 4.69) is 34.7 Å². The quantitative estimate of drug-likeness (QED) is 0.461. The van der Waals surface area contributed by atoms with E-state index in [1.54, 1.807) is 11.3 Å². The second kappa shape index (κ2) is 9.74. The predicted octanol–water partition coefficient (Wildman–Crippen LogP) is 3.06. The lowest BCUT2D eigenvalue weighted by atomic mass is 10.0. The summed E-state index contributed by atoms with van der Waals surface area (Å²) in [6.45, 7) is 5.87. The van der Waals surface area contributed by atoms with Crippen molar-refractivity contribution in [3.05, 3.63) is 55.9 Å². The molecule has 2 amide bonds. The van der Waals surface area contributed by atoms with Crippen LogP contribution in [-0.4, -0.2) is 28.4 Å². The van der Waals surface area contributed by atoms with Crippen molar-refractivity contribution in [2.24, 2.45) is 0 Å². The lowest BCUT2D eigenvalue weighted by Gasteiger charge is -2.15. The third-order valence-electron chi connectivity index (χ3n) is 5.70. The monoisotopic (exact) mass is 468 g/mol. The first-order valence-electron chi connectivity index (χ1n) is 11.2. The fourth-order valence-electron chi connectivity index (χ4n) is 4.02. The molecule has 0 spiro atoms. The number of ether oxygens (including phenoxy) is 1. The minimum atomic E-state index is -0.458. The van der Waals surface area contributed by atoms with Gasteiger partial charge >= 0.3 is 0 Å². The van der Waals surface area contributed by atoms with Gasteiger partial charge in [-0.05, 0) is 54.9 Å². The van der Waals surface area contributed by atoms with E-state index in [-0.39, 0.29) is 36.8 Å². The van der Waals surface area contributed by atoms with E-state index in [1.807, 2.05) is 25.1 Å². The van der Waals surface area contributed by atoms with Crippen LogP contribution in [0.5, 0.6) is 5.75 Å². The van der Waals surface area contributed by atoms with Crippen molar-refractivity contribution in [2.45, 2.75) is 58.8 Å². The number of hydrogen-bond acceptors (Lipinski definition) is 6. The Hall–Kier alpha value is -3.20. The molecule has 2 heterocycles. The lowest BCUT2D eigenvalue weighted by molar-refractivity contribution is -0.130. The fourth-order valence-corrected chi connectivity index (χ4v) is 5.30. The molecule has 0 radical (unpaired) electrons.